The lowest BCUT2D eigenvalue weighted by Crippen LogP contribution is -2.27. The molecule has 0 fully saturated rings. The minimum Gasteiger partial charge on any atom is -0.277 e. The third-order valence-corrected chi connectivity index (χ3v) is 5.59. The zero-order valence-electron chi connectivity index (χ0n) is 17.5. The molecule has 0 aliphatic carbocycles. The molecule has 2 aromatic heterocycles. The lowest BCUT2D eigenvalue weighted by molar-refractivity contribution is -0.0000432. The number of aromatic nitrogens is 3. The first-order chi connectivity index (χ1) is 15.5. The zero-order valence-corrected chi connectivity index (χ0v) is 18.3. The average molecular weight is 449 g/mol. The molecule has 6 nitrogen and oxygen atoms in total. The molecule has 0 unspecified atom stereocenters. The van der Waals surface area contributed by atoms with Gasteiger partial charge in [0.15, 0.2) is 0 Å². The Kier molecular flexibility index (Phi) is 6.63. The van der Waals surface area contributed by atoms with Crippen LogP contribution >= 0.6 is 11.8 Å². The van der Waals surface area contributed by atoms with Crippen LogP contribution in [0.5, 0.6) is 0 Å². The molecule has 1 amide bonds. The number of carbonyl (C=O) groups is 1. The molecule has 2 heterocycles. The van der Waals surface area contributed by atoms with Crippen molar-refractivity contribution in [1.29, 1.82) is 0 Å². The third kappa shape index (κ3) is 5.04. The molecule has 2 aromatic carbocycles. The van der Waals surface area contributed by atoms with Crippen molar-refractivity contribution in [3.8, 4) is 0 Å². The van der Waals surface area contributed by atoms with Crippen LogP contribution < -0.4 is 5.48 Å². The summed E-state index contributed by atoms with van der Waals surface area (Å²) in [7, 11) is 0. The highest BCUT2D eigenvalue weighted by Crippen LogP contribution is 2.34. The Morgan fingerprint density at radius 2 is 2.03 bits per heavy atom. The Morgan fingerprint density at radius 3 is 2.81 bits per heavy atom. The number of nitrogens with zero attached hydrogens (tertiary/aromatic N) is 2. The molecular formula is C24H21FN4O2S. The molecule has 4 aromatic rings. The van der Waals surface area contributed by atoms with Crippen LogP contribution in [0.15, 0.2) is 70.6 Å². The fourth-order valence-electron chi connectivity index (χ4n) is 2.98. The Balaban J connectivity index is 1.58. The molecule has 0 saturated heterocycles. The largest absolute Gasteiger partial charge is 0.277 e. The van der Waals surface area contributed by atoms with Crippen LogP contribution in [-0.2, 0) is 4.84 Å². The number of aromatic amines is 1. The lowest BCUT2D eigenvalue weighted by Gasteiger charge is -2.12. The van der Waals surface area contributed by atoms with Crippen LogP contribution in [0.2, 0.25) is 0 Å². The molecule has 4 rings (SSSR count). The number of hydrogen-bond acceptors (Lipinski definition) is 5. The van der Waals surface area contributed by atoms with Gasteiger partial charge in [-0.2, -0.15) is 5.10 Å². The summed E-state index contributed by atoms with van der Waals surface area (Å²) < 4.78 is 14.6. The van der Waals surface area contributed by atoms with E-state index < -0.39 is 11.7 Å². The van der Waals surface area contributed by atoms with E-state index in [1.165, 1.54) is 23.9 Å². The van der Waals surface area contributed by atoms with E-state index in [0.29, 0.717) is 0 Å². The van der Waals surface area contributed by atoms with Crippen LogP contribution in [0.25, 0.3) is 23.1 Å². The maximum atomic E-state index is 14.6. The Bertz CT molecular complexity index is 1270. The van der Waals surface area contributed by atoms with Gasteiger partial charge in [-0.05, 0) is 68.5 Å². The quantitative estimate of drug-likeness (QED) is 0.366. The summed E-state index contributed by atoms with van der Waals surface area (Å²) in [6, 6.07) is 15.8. The van der Waals surface area contributed by atoms with Crippen LogP contribution in [-0.4, -0.2) is 27.2 Å². The van der Waals surface area contributed by atoms with Gasteiger partial charge in [0.2, 0.25) is 0 Å². The van der Waals surface area contributed by atoms with Crippen molar-refractivity contribution in [2.24, 2.45) is 0 Å². The van der Waals surface area contributed by atoms with Gasteiger partial charge in [-0.25, -0.2) is 9.87 Å². The minimum absolute atomic E-state index is 0.188. The topological polar surface area (TPSA) is 79.9 Å². The minimum atomic E-state index is -0.495. The second-order valence-electron chi connectivity index (χ2n) is 7.22. The van der Waals surface area contributed by atoms with E-state index in [2.05, 4.69) is 20.7 Å². The summed E-state index contributed by atoms with van der Waals surface area (Å²) in [5, 5.41) is 8.30. The van der Waals surface area contributed by atoms with Crippen LogP contribution in [0.1, 0.15) is 35.6 Å². The van der Waals surface area contributed by atoms with E-state index in [1.54, 1.807) is 26.1 Å². The highest BCUT2D eigenvalue weighted by atomic mass is 32.2. The number of carbonyl (C=O) groups excluding carboxylic acids is 1. The van der Waals surface area contributed by atoms with Crippen molar-refractivity contribution in [2.45, 2.75) is 29.7 Å². The van der Waals surface area contributed by atoms with Crippen molar-refractivity contribution in [1.82, 2.24) is 20.7 Å². The molecule has 0 aliphatic heterocycles. The predicted molar refractivity (Wildman–Crippen MR) is 123 cm³/mol. The SMILES string of the molecule is CC(C)ONC(=O)c1cccc(F)c1Sc1ccc2c(/C=C/c3ccccn3)n[nH]c2c1. The van der Waals surface area contributed by atoms with E-state index in [1.807, 2.05) is 48.6 Å². The van der Waals surface area contributed by atoms with E-state index in [4.69, 9.17) is 4.84 Å². The van der Waals surface area contributed by atoms with Gasteiger partial charge in [0.1, 0.15) is 5.82 Å². The van der Waals surface area contributed by atoms with Crippen molar-refractivity contribution in [3.05, 3.63) is 83.6 Å². The molecule has 0 atom stereocenters. The molecule has 0 spiro atoms. The number of hydrogen-bond donors (Lipinski definition) is 2. The molecular weight excluding hydrogens is 427 g/mol. The first kappa shape index (κ1) is 21.7. The smallest absolute Gasteiger partial charge is 0.276 e. The number of H-pyrrole nitrogens is 1. The van der Waals surface area contributed by atoms with Crippen molar-refractivity contribution in [2.75, 3.05) is 0 Å². The number of benzene rings is 2. The number of rotatable bonds is 7. The van der Waals surface area contributed by atoms with E-state index >= 15 is 0 Å². The van der Waals surface area contributed by atoms with Crippen molar-refractivity contribution >= 4 is 40.7 Å². The highest BCUT2D eigenvalue weighted by molar-refractivity contribution is 7.99. The second kappa shape index (κ2) is 9.76. The Hall–Kier alpha value is -3.49. The maximum Gasteiger partial charge on any atom is 0.276 e. The van der Waals surface area contributed by atoms with Gasteiger partial charge >= 0.3 is 0 Å². The van der Waals surface area contributed by atoms with Gasteiger partial charge in [-0.3, -0.25) is 19.7 Å². The molecule has 0 radical (unpaired) electrons. The molecule has 2 N–H and O–H groups in total. The molecule has 162 valence electrons. The number of nitrogens with one attached hydrogen (secondary N) is 2. The normalized spacial score (nSPS) is 11.5. The summed E-state index contributed by atoms with van der Waals surface area (Å²) in [5.74, 6) is -0.971. The van der Waals surface area contributed by atoms with Crippen LogP contribution in [0.4, 0.5) is 4.39 Å². The number of halogens is 1. The highest BCUT2D eigenvalue weighted by Gasteiger charge is 2.17. The summed E-state index contributed by atoms with van der Waals surface area (Å²) in [4.78, 5) is 22.9. The zero-order chi connectivity index (χ0) is 22.5. The van der Waals surface area contributed by atoms with Gasteiger partial charge in [-0.15, -0.1) is 0 Å². The fraction of sp³-hybridized carbons (Fsp3) is 0.125. The molecule has 32 heavy (non-hydrogen) atoms. The fourth-order valence-corrected chi connectivity index (χ4v) is 3.97. The van der Waals surface area contributed by atoms with Crippen LogP contribution in [0, 0.1) is 5.82 Å². The van der Waals surface area contributed by atoms with Crippen molar-refractivity contribution in [3.63, 3.8) is 0 Å². The van der Waals surface area contributed by atoms with Gasteiger partial charge in [0.05, 0.1) is 33.5 Å². The Labute approximate surface area is 188 Å². The van der Waals surface area contributed by atoms with E-state index in [0.717, 1.165) is 27.2 Å². The molecule has 8 heteroatoms. The van der Waals surface area contributed by atoms with Gasteiger partial charge in [0.25, 0.3) is 5.91 Å². The van der Waals surface area contributed by atoms with E-state index in [9.17, 15) is 9.18 Å². The number of pyridine rings is 1. The first-order valence-electron chi connectivity index (χ1n) is 10.0. The lowest BCUT2D eigenvalue weighted by atomic mass is 10.2. The molecule has 0 aliphatic rings. The summed E-state index contributed by atoms with van der Waals surface area (Å²) in [6.07, 6.45) is 5.33. The number of fused-ring (bicyclic) bond motifs is 1. The number of hydroxylamine groups is 1. The Morgan fingerprint density at radius 1 is 1.16 bits per heavy atom. The second-order valence-corrected chi connectivity index (χ2v) is 8.30. The first-order valence-corrected chi connectivity index (χ1v) is 10.8. The maximum absolute atomic E-state index is 14.6. The summed E-state index contributed by atoms with van der Waals surface area (Å²) in [6.45, 7) is 3.59. The standard InChI is InChI=1S/C24H21FN4O2S/c1-15(2)31-29-24(30)19-7-5-8-20(25)23(19)32-17-10-11-18-21(27-28-22(18)14-17)12-9-16-6-3-4-13-26-16/h3-15H,1-2H3,(H,27,28)(H,29,30)/b12-9+. The van der Waals surface area contributed by atoms with E-state index in [-0.39, 0.29) is 16.6 Å². The molecule has 0 bridgehead atoms. The summed E-state index contributed by atoms with van der Waals surface area (Å²) >= 11 is 1.17. The van der Waals surface area contributed by atoms with Gasteiger partial charge in [-0.1, -0.05) is 23.9 Å². The third-order valence-electron chi connectivity index (χ3n) is 4.48. The molecule has 0 saturated carbocycles. The number of amides is 1. The van der Waals surface area contributed by atoms with Gasteiger partial charge < -0.3 is 0 Å². The monoisotopic (exact) mass is 448 g/mol. The average Bonchev–Trinajstić information content (AvgIpc) is 3.20. The summed E-state index contributed by atoms with van der Waals surface area (Å²) in [5.41, 5.74) is 4.99. The van der Waals surface area contributed by atoms with Crippen molar-refractivity contribution < 1.29 is 14.0 Å². The predicted octanol–water partition coefficient (Wildman–Crippen LogP) is 5.49. The van der Waals surface area contributed by atoms with Gasteiger partial charge in [0, 0.05) is 16.5 Å². The van der Waals surface area contributed by atoms with Crippen LogP contribution in [0.3, 0.4) is 0 Å².